The van der Waals surface area contributed by atoms with E-state index in [1.165, 1.54) is 31.2 Å². The van der Waals surface area contributed by atoms with Crippen LogP contribution < -0.4 is 5.32 Å². The number of likely N-dealkylation sites (N-methyl/N-ethyl adjacent to an activating group) is 1. The zero-order valence-corrected chi connectivity index (χ0v) is 13.8. The fraction of sp³-hybridized carbons (Fsp3) is 0.611. The van der Waals surface area contributed by atoms with Crippen molar-refractivity contribution in [3.05, 3.63) is 29.8 Å². The van der Waals surface area contributed by atoms with E-state index in [4.69, 9.17) is 0 Å². The van der Waals surface area contributed by atoms with E-state index in [0.717, 1.165) is 5.69 Å². The van der Waals surface area contributed by atoms with Crippen molar-refractivity contribution in [3.8, 4) is 0 Å². The highest BCUT2D eigenvalue weighted by molar-refractivity contribution is 5.92. The van der Waals surface area contributed by atoms with Crippen LogP contribution in [0.4, 0.5) is 5.69 Å². The van der Waals surface area contributed by atoms with Gasteiger partial charge in [-0.25, -0.2) is 0 Å². The smallest absolute Gasteiger partial charge is 0.238 e. The van der Waals surface area contributed by atoms with E-state index in [1.54, 1.807) is 0 Å². The van der Waals surface area contributed by atoms with Crippen LogP contribution in [-0.2, 0) is 10.2 Å². The van der Waals surface area contributed by atoms with Crippen molar-refractivity contribution in [2.75, 3.05) is 18.9 Å². The molecule has 1 aliphatic rings. The second-order valence-corrected chi connectivity index (χ2v) is 7.23. The van der Waals surface area contributed by atoms with Gasteiger partial charge < -0.3 is 5.32 Å². The first kappa shape index (κ1) is 16.0. The Balaban J connectivity index is 1.87. The average molecular weight is 288 g/mol. The summed E-state index contributed by atoms with van der Waals surface area (Å²) in [5, 5.41) is 2.99. The van der Waals surface area contributed by atoms with Crippen LogP contribution in [-0.4, -0.2) is 30.4 Å². The minimum atomic E-state index is 0.0768. The molecule has 0 unspecified atom stereocenters. The third-order valence-corrected chi connectivity index (χ3v) is 4.38. The molecule has 1 amide bonds. The normalized spacial score (nSPS) is 16.4. The van der Waals surface area contributed by atoms with Crippen LogP contribution in [0.15, 0.2) is 24.3 Å². The first-order valence-corrected chi connectivity index (χ1v) is 7.97. The predicted molar refractivity (Wildman–Crippen MR) is 88.7 cm³/mol. The summed E-state index contributed by atoms with van der Waals surface area (Å²) in [5.41, 5.74) is 2.31. The third kappa shape index (κ3) is 4.57. The number of anilines is 1. The van der Waals surface area contributed by atoms with Crippen molar-refractivity contribution in [2.45, 2.75) is 57.9 Å². The lowest BCUT2D eigenvalue weighted by Gasteiger charge is -2.23. The molecule has 0 radical (unpaired) electrons. The number of nitrogens with one attached hydrogen (secondary N) is 1. The number of benzene rings is 1. The van der Waals surface area contributed by atoms with Crippen LogP contribution in [0.5, 0.6) is 0 Å². The number of carbonyl (C=O) groups is 1. The molecule has 0 atom stereocenters. The molecule has 2 rings (SSSR count). The third-order valence-electron chi connectivity index (χ3n) is 4.38. The molecule has 1 N–H and O–H groups in total. The summed E-state index contributed by atoms with van der Waals surface area (Å²) >= 11 is 0. The topological polar surface area (TPSA) is 32.3 Å². The van der Waals surface area contributed by atoms with Gasteiger partial charge in [-0.1, -0.05) is 45.7 Å². The summed E-state index contributed by atoms with van der Waals surface area (Å²) in [6, 6.07) is 8.76. The molecule has 1 aromatic rings. The highest BCUT2D eigenvalue weighted by Gasteiger charge is 2.21. The van der Waals surface area contributed by atoms with Gasteiger partial charge in [0.1, 0.15) is 0 Å². The van der Waals surface area contributed by atoms with Crippen molar-refractivity contribution in [1.82, 2.24) is 4.90 Å². The molecular formula is C18H28N2O. The van der Waals surface area contributed by atoms with Gasteiger partial charge in [0.25, 0.3) is 0 Å². The second kappa shape index (κ2) is 6.61. The summed E-state index contributed by atoms with van der Waals surface area (Å²) in [4.78, 5) is 14.3. The van der Waals surface area contributed by atoms with Crippen LogP contribution in [0.2, 0.25) is 0 Å². The van der Waals surface area contributed by atoms with E-state index in [0.29, 0.717) is 12.6 Å². The van der Waals surface area contributed by atoms with Gasteiger partial charge in [0.05, 0.1) is 6.54 Å². The zero-order valence-electron chi connectivity index (χ0n) is 13.8. The standard InChI is InChI=1S/C18H28N2O/c1-18(2,3)14-9-11-15(12-10-14)19-17(21)13-20(4)16-7-5-6-8-16/h9-12,16H,5-8,13H2,1-4H3,(H,19,21). The van der Waals surface area contributed by atoms with Gasteiger partial charge >= 0.3 is 0 Å². The Bertz CT molecular complexity index is 467. The fourth-order valence-corrected chi connectivity index (χ4v) is 2.95. The van der Waals surface area contributed by atoms with Gasteiger partial charge in [-0.2, -0.15) is 0 Å². The molecule has 0 heterocycles. The quantitative estimate of drug-likeness (QED) is 0.914. The maximum absolute atomic E-state index is 12.1. The van der Waals surface area contributed by atoms with Gasteiger partial charge in [-0.05, 0) is 43.0 Å². The molecule has 1 saturated carbocycles. The van der Waals surface area contributed by atoms with Crippen molar-refractivity contribution in [3.63, 3.8) is 0 Å². The monoisotopic (exact) mass is 288 g/mol. The first-order valence-electron chi connectivity index (χ1n) is 7.97. The summed E-state index contributed by atoms with van der Waals surface area (Å²) < 4.78 is 0. The lowest BCUT2D eigenvalue weighted by molar-refractivity contribution is -0.117. The van der Waals surface area contributed by atoms with Gasteiger partial charge in [0.15, 0.2) is 0 Å². The van der Waals surface area contributed by atoms with Gasteiger partial charge in [-0.3, -0.25) is 9.69 Å². The summed E-state index contributed by atoms with van der Waals surface area (Å²) in [5.74, 6) is 0.0768. The lowest BCUT2D eigenvalue weighted by Crippen LogP contribution is -2.36. The molecule has 0 spiro atoms. The summed E-state index contributed by atoms with van der Waals surface area (Å²) in [6.45, 7) is 7.05. The molecular weight excluding hydrogens is 260 g/mol. The Morgan fingerprint density at radius 3 is 2.29 bits per heavy atom. The zero-order chi connectivity index (χ0) is 15.5. The molecule has 0 saturated heterocycles. The van der Waals surface area contributed by atoms with Gasteiger partial charge in [-0.15, -0.1) is 0 Å². The van der Waals surface area contributed by atoms with Gasteiger partial charge in [0, 0.05) is 11.7 Å². The first-order chi connectivity index (χ1) is 9.86. The van der Waals surface area contributed by atoms with Crippen molar-refractivity contribution >= 4 is 11.6 Å². The number of nitrogens with zero attached hydrogens (tertiary/aromatic N) is 1. The maximum atomic E-state index is 12.1. The van der Waals surface area contributed by atoms with Crippen molar-refractivity contribution < 1.29 is 4.79 Å². The van der Waals surface area contributed by atoms with Gasteiger partial charge in [0.2, 0.25) is 5.91 Å². The van der Waals surface area contributed by atoms with Crippen LogP contribution in [0, 0.1) is 0 Å². The molecule has 3 nitrogen and oxygen atoms in total. The minimum absolute atomic E-state index is 0.0768. The van der Waals surface area contributed by atoms with Crippen LogP contribution in [0.1, 0.15) is 52.0 Å². The Morgan fingerprint density at radius 2 is 1.76 bits per heavy atom. The molecule has 0 bridgehead atoms. The molecule has 21 heavy (non-hydrogen) atoms. The van der Waals surface area contributed by atoms with E-state index in [1.807, 2.05) is 12.1 Å². The predicted octanol–water partition coefficient (Wildman–Crippen LogP) is 3.80. The molecule has 3 heteroatoms. The number of rotatable bonds is 4. The van der Waals surface area contributed by atoms with Crippen molar-refractivity contribution in [1.29, 1.82) is 0 Å². The Hall–Kier alpha value is -1.35. The molecule has 1 fully saturated rings. The molecule has 0 aromatic heterocycles. The summed E-state index contributed by atoms with van der Waals surface area (Å²) in [6.07, 6.45) is 5.05. The molecule has 116 valence electrons. The Morgan fingerprint density at radius 1 is 1.19 bits per heavy atom. The highest BCUT2D eigenvalue weighted by atomic mass is 16.2. The van der Waals surface area contributed by atoms with E-state index in [2.05, 4.69) is 50.2 Å². The molecule has 1 aromatic carbocycles. The SMILES string of the molecule is CN(CC(=O)Nc1ccc(C(C)(C)C)cc1)C1CCCC1. The van der Waals surface area contributed by atoms with E-state index in [-0.39, 0.29) is 11.3 Å². The molecule has 1 aliphatic carbocycles. The number of hydrogen-bond acceptors (Lipinski definition) is 2. The molecule has 0 aliphatic heterocycles. The minimum Gasteiger partial charge on any atom is -0.325 e. The van der Waals surface area contributed by atoms with Crippen molar-refractivity contribution in [2.24, 2.45) is 0 Å². The van der Waals surface area contributed by atoms with E-state index in [9.17, 15) is 4.79 Å². The second-order valence-electron chi connectivity index (χ2n) is 7.23. The number of hydrogen-bond donors (Lipinski definition) is 1. The van der Waals surface area contributed by atoms with Crippen LogP contribution >= 0.6 is 0 Å². The largest absolute Gasteiger partial charge is 0.325 e. The van der Waals surface area contributed by atoms with E-state index >= 15 is 0 Å². The highest BCUT2D eigenvalue weighted by Crippen LogP contribution is 2.24. The average Bonchev–Trinajstić information content (AvgIpc) is 2.92. The number of carbonyl (C=O) groups excluding carboxylic acids is 1. The summed E-state index contributed by atoms with van der Waals surface area (Å²) in [7, 11) is 2.05. The van der Waals surface area contributed by atoms with E-state index < -0.39 is 0 Å². The lowest BCUT2D eigenvalue weighted by atomic mass is 9.87. The van der Waals surface area contributed by atoms with Crippen LogP contribution in [0.25, 0.3) is 0 Å². The fourth-order valence-electron chi connectivity index (χ4n) is 2.95. The van der Waals surface area contributed by atoms with Crippen LogP contribution in [0.3, 0.4) is 0 Å². The Kier molecular flexibility index (Phi) is 5.04. The number of amides is 1. The maximum Gasteiger partial charge on any atom is 0.238 e. The Labute approximate surface area is 128 Å².